The average Bonchev–Trinajstić information content (AvgIpc) is 3.16. The third-order valence-corrected chi connectivity index (χ3v) is 5.02. The molecule has 0 saturated carbocycles. The quantitative estimate of drug-likeness (QED) is 0.658. The van der Waals surface area contributed by atoms with Crippen molar-refractivity contribution in [2.45, 2.75) is 13.1 Å². The highest BCUT2D eigenvalue weighted by molar-refractivity contribution is 7.15. The molecule has 5 nitrogen and oxygen atoms in total. The summed E-state index contributed by atoms with van der Waals surface area (Å²) in [6.45, 7) is 1.30. The van der Waals surface area contributed by atoms with Crippen LogP contribution in [0.2, 0.25) is 0 Å². The Morgan fingerprint density at radius 2 is 2.12 bits per heavy atom. The van der Waals surface area contributed by atoms with Crippen LogP contribution in [0.4, 0.5) is 24.1 Å². The number of alkyl halides is 3. The number of hydrogen-bond donors (Lipinski definition) is 2. The lowest BCUT2D eigenvalue weighted by Crippen LogP contribution is -2.08. The van der Waals surface area contributed by atoms with Crippen molar-refractivity contribution in [3.8, 4) is 10.4 Å². The van der Waals surface area contributed by atoms with E-state index >= 15 is 0 Å². The van der Waals surface area contributed by atoms with Crippen LogP contribution in [-0.2, 0) is 6.18 Å². The normalized spacial score (nSPS) is 11.5. The smallest absolute Gasteiger partial charge is 0.434 e. The number of aromatic carboxylic acids is 1. The maximum atomic E-state index is 12.8. The van der Waals surface area contributed by atoms with Crippen molar-refractivity contribution in [2.24, 2.45) is 0 Å². The number of aryl methyl sites for hydroxylation is 1. The molecule has 3 aromatic rings. The van der Waals surface area contributed by atoms with Crippen LogP contribution in [0.1, 0.15) is 20.9 Å². The Morgan fingerprint density at radius 1 is 1.36 bits per heavy atom. The standard InChI is InChI=1S/C15H10F3N3O2S2/c1-7-11(15(16,17)18)20-14(25-7)21-12-9(13(22)23)5-8(6-19-12)10-3-2-4-24-10/h2-6H,1H3,(H,22,23)(H,19,20,21). The zero-order valence-corrected chi connectivity index (χ0v) is 14.2. The number of nitrogens with one attached hydrogen (secondary N) is 1. The van der Waals surface area contributed by atoms with Gasteiger partial charge in [0.05, 0.1) is 0 Å². The van der Waals surface area contributed by atoms with Gasteiger partial charge in [-0.1, -0.05) is 6.07 Å². The number of thiophene rings is 1. The first-order valence-electron chi connectivity index (χ1n) is 6.84. The minimum atomic E-state index is -4.56. The van der Waals surface area contributed by atoms with E-state index in [2.05, 4.69) is 15.3 Å². The topological polar surface area (TPSA) is 75.1 Å². The second kappa shape index (κ2) is 6.45. The molecule has 0 fully saturated rings. The van der Waals surface area contributed by atoms with Gasteiger partial charge in [0.15, 0.2) is 10.8 Å². The molecule has 3 heterocycles. The van der Waals surface area contributed by atoms with Crippen molar-refractivity contribution < 1.29 is 23.1 Å². The van der Waals surface area contributed by atoms with Crippen LogP contribution in [-0.4, -0.2) is 21.0 Å². The van der Waals surface area contributed by atoms with Gasteiger partial charge < -0.3 is 10.4 Å². The lowest BCUT2D eigenvalue weighted by molar-refractivity contribution is -0.141. The molecule has 10 heteroatoms. The molecule has 3 rings (SSSR count). The van der Waals surface area contributed by atoms with E-state index in [0.717, 1.165) is 16.2 Å². The van der Waals surface area contributed by atoms with Gasteiger partial charge >= 0.3 is 12.1 Å². The van der Waals surface area contributed by atoms with Crippen molar-refractivity contribution >= 4 is 39.6 Å². The Morgan fingerprint density at radius 3 is 2.68 bits per heavy atom. The number of thiazole rings is 1. The number of carbonyl (C=O) groups is 1. The van der Waals surface area contributed by atoms with Crippen molar-refractivity contribution in [3.63, 3.8) is 0 Å². The van der Waals surface area contributed by atoms with Crippen LogP contribution in [0.15, 0.2) is 29.8 Å². The fourth-order valence-corrected chi connectivity index (χ4v) is 3.66. The number of nitrogens with zero attached hydrogens (tertiary/aromatic N) is 2. The van der Waals surface area contributed by atoms with Crippen LogP contribution in [0.5, 0.6) is 0 Å². The fraction of sp³-hybridized carbons (Fsp3) is 0.133. The SMILES string of the molecule is Cc1sc(Nc2ncc(-c3cccs3)cc2C(=O)O)nc1C(F)(F)F. The third kappa shape index (κ3) is 3.64. The highest BCUT2D eigenvalue weighted by atomic mass is 32.1. The number of hydrogen-bond acceptors (Lipinski definition) is 6. The molecule has 0 spiro atoms. The maximum Gasteiger partial charge on any atom is 0.434 e. The Hall–Kier alpha value is -2.46. The van der Waals surface area contributed by atoms with Gasteiger partial charge in [0.1, 0.15) is 11.4 Å². The minimum absolute atomic E-state index is 0.0120. The van der Waals surface area contributed by atoms with Gasteiger partial charge in [-0.25, -0.2) is 14.8 Å². The lowest BCUT2D eigenvalue weighted by Gasteiger charge is -2.08. The molecular weight excluding hydrogens is 375 g/mol. The van der Waals surface area contributed by atoms with Crippen molar-refractivity contribution in [3.05, 3.63) is 45.9 Å². The second-order valence-corrected chi connectivity index (χ2v) is 7.10. The van der Waals surface area contributed by atoms with E-state index in [4.69, 9.17) is 0 Å². The number of pyridine rings is 1. The number of rotatable bonds is 4. The molecule has 0 aliphatic carbocycles. The van der Waals surface area contributed by atoms with E-state index in [0.29, 0.717) is 5.56 Å². The van der Waals surface area contributed by atoms with Crippen molar-refractivity contribution in [2.75, 3.05) is 5.32 Å². The van der Waals surface area contributed by atoms with Gasteiger partial charge in [-0.2, -0.15) is 13.2 Å². The Labute approximate surface area is 147 Å². The van der Waals surface area contributed by atoms with E-state index in [1.807, 2.05) is 17.5 Å². The van der Waals surface area contributed by atoms with Crippen LogP contribution < -0.4 is 5.32 Å². The highest BCUT2D eigenvalue weighted by Gasteiger charge is 2.36. The van der Waals surface area contributed by atoms with Crippen LogP contribution in [0.3, 0.4) is 0 Å². The molecule has 130 valence electrons. The van der Waals surface area contributed by atoms with Crippen LogP contribution >= 0.6 is 22.7 Å². The summed E-state index contributed by atoms with van der Waals surface area (Å²) in [5, 5.41) is 13.7. The van der Waals surface area contributed by atoms with Crippen molar-refractivity contribution in [1.82, 2.24) is 9.97 Å². The maximum absolute atomic E-state index is 12.8. The molecular formula is C15H10F3N3O2S2. The predicted octanol–water partition coefficient (Wildman–Crippen LogP) is 5.04. The predicted molar refractivity (Wildman–Crippen MR) is 89.6 cm³/mol. The fourth-order valence-electron chi connectivity index (χ4n) is 2.12. The Bertz CT molecular complexity index is 921. The summed E-state index contributed by atoms with van der Waals surface area (Å²) in [6.07, 6.45) is -3.10. The highest BCUT2D eigenvalue weighted by Crippen LogP contribution is 2.37. The molecule has 2 N–H and O–H groups in total. The first kappa shape index (κ1) is 17.4. The first-order chi connectivity index (χ1) is 11.8. The van der Waals surface area contributed by atoms with E-state index < -0.39 is 17.8 Å². The summed E-state index contributed by atoms with van der Waals surface area (Å²) in [6, 6.07) is 5.07. The van der Waals surface area contributed by atoms with Gasteiger partial charge in [-0.3, -0.25) is 0 Å². The molecule has 0 saturated heterocycles. The van der Waals surface area contributed by atoms with Crippen molar-refractivity contribution in [1.29, 1.82) is 0 Å². The third-order valence-electron chi connectivity index (χ3n) is 3.21. The molecule has 0 aliphatic heterocycles. The second-order valence-electron chi connectivity index (χ2n) is 4.95. The zero-order chi connectivity index (χ0) is 18.2. The van der Waals surface area contributed by atoms with Crippen LogP contribution in [0.25, 0.3) is 10.4 Å². The number of halogens is 3. The lowest BCUT2D eigenvalue weighted by atomic mass is 10.1. The first-order valence-corrected chi connectivity index (χ1v) is 8.54. The van der Waals surface area contributed by atoms with Gasteiger partial charge in [0.2, 0.25) is 0 Å². The van der Waals surface area contributed by atoms with E-state index in [1.165, 1.54) is 30.5 Å². The van der Waals surface area contributed by atoms with Gasteiger partial charge in [0, 0.05) is 21.5 Å². The Balaban J connectivity index is 1.96. The summed E-state index contributed by atoms with van der Waals surface area (Å²) >= 11 is 2.21. The number of anilines is 2. The number of carboxylic acids is 1. The summed E-state index contributed by atoms with van der Waals surface area (Å²) in [5.41, 5.74) is -0.524. The van der Waals surface area contributed by atoms with Gasteiger partial charge in [0.25, 0.3) is 0 Å². The van der Waals surface area contributed by atoms with E-state index in [-0.39, 0.29) is 21.4 Å². The molecule has 0 radical (unpaired) electrons. The summed E-state index contributed by atoms with van der Waals surface area (Å²) in [4.78, 5) is 19.9. The monoisotopic (exact) mass is 385 g/mol. The summed E-state index contributed by atoms with van der Waals surface area (Å²) in [5.74, 6) is -1.30. The molecule has 0 atom stereocenters. The molecule has 0 amide bonds. The van der Waals surface area contributed by atoms with E-state index in [9.17, 15) is 23.1 Å². The Kier molecular flexibility index (Phi) is 4.48. The molecule has 0 aliphatic rings. The zero-order valence-electron chi connectivity index (χ0n) is 12.6. The number of carboxylic acid groups (broad SMARTS) is 1. The largest absolute Gasteiger partial charge is 0.478 e. The van der Waals surface area contributed by atoms with E-state index in [1.54, 1.807) is 0 Å². The minimum Gasteiger partial charge on any atom is -0.478 e. The summed E-state index contributed by atoms with van der Waals surface area (Å²) < 4.78 is 38.5. The number of aromatic nitrogens is 2. The molecule has 3 aromatic heterocycles. The van der Waals surface area contributed by atoms with Crippen LogP contribution in [0, 0.1) is 6.92 Å². The van der Waals surface area contributed by atoms with Gasteiger partial charge in [-0.15, -0.1) is 22.7 Å². The molecule has 0 unspecified atom stereocenters. The van der Waals surface area contributed by atoms with Gasteiger partial charge in [-0.05, 0) is 24.4 Å². The average molecular weight is 385 g/mol. The molecule has 25 heavy (non-hydrogen) atoms. The summed E-state index contributed by atoms with van der Waals surface area (Å²) in [7, 11) is 0. The molecule has 0 aromatic carbocycles. The molecule has 0 bridgehead atoms.